The highest BCUT2D eigenvalue weighted by molar-refractivity contribution is 5.90. The van der Waals surface area contributed by atoms with Gasteiger partial charge in [-0.2, -0.15) is 0 Å². The molecule has 0 aliphatic heterocycles. The minimum absolute atomic E-state index is 0.0487. The highest BCUT2D eigenvalue weighted by Gasteiger charge is 2.03. The van der Waals surface area contributed by atoms with E-state index in [2.05, 4.69) is 34.8 Å². The largest absolute Gasteiger partial charge is 0.380 e. The molecule has 0 aliphatic carbocycles. The lowest BCUT2D eigenvalue weighted by Gasteiger charge is -2.13. The molecule has 0 saturated heterocycles. The first-order valence-corrected chi connectivity index (χ1v) is 9.46. The molecular weight excluding hydrogens is 328 g/mol. The van der Waals surface area contributed by atoms with Crippen LogP contribution >= 0.6 is 0 Å². The van der Waals surface area contributed by atoms with Gasteiger partial charge in [-0.25, -0.2) is 0 Å². The predicted molar refractivity (Wildman–Crippen MR) is 108 cm³/mol. The summed E-state index contributed by atoms with van der Waals surface area (Å²) >= 11 is 0. The molecule has 1 rings (SSSR count). The summed E-state index contributed by atoms with van der Waals surface area (Å²) in [6.07, 6.45) is 2.46. The van der Waals surface area contributed by atoms with E-state index in [4.69, 9.17) is 4.74 Å². The lowest BCUT2D eigenvalue weighted by molar-refractivity contribution is -0.116. The third kappa shape index (κ3) is 10.0. The van der Waals surface area contributed by atoms with Crippen molar-refractivity contribution in [3.8, 4) is 0 Å². The molecule has 6 nitrogen and oxygen atoms in total. The second-order valence-corrected chi connectivity index (χ2v) is 6.65. The summed E-state index contributed by atoms with van der Waals surface area (Å²) in [5.41, 5.74) is 1.90. The van der Waals surface area contributed by atoms with E-state index in [9.17, 15) is 4.79 Å². The van der Waals surface area contributed by atoms with Gasteiger partial charge in [-0.3, -0.25) is 9.79 Å². The Labute approximate surface area is 157 Å². The van der Waals surface area contributed by atoms with Crippen LogP contribution in [0.25, 0.3) is 0 Å². The molecule has 0 aliphatic rings. The molecule has 3 N–H and O–H groups in total. The van der Waals surface area contributed by atoms with Gasteiger partial charge in [0.25, 0.3) is 0 Å². The van der Waals surface area contributed by atoms with Crippen molar-refractivity contribution < 1.29 is 9.53 Å². The topological polar surface area (TPSA) is 74.8 Å². The third-order valence-electron chi connectivity index (χ3n) is 3.75. The van der Waals surface area contributed by atoms with Gasteiger partial charge in [0.2, 0.25) is 5.91 Å². The lowest BCUT2D eigenvalue weighted by Crippen LogP contribution is -2.38. The van der Waals surface area contributed by atoms with Crippen LogP contribution in [0.1, 0.15) is 45.6 Å². The zero-order valence-electron chi connectivity index (χ0n) is 16.6. The summed E-state index contributed by atoms with van der Waals surface area (Å²) in [4.78, 5) is 15.9. The van der Waals surface area contributed by atoms with Crippen LogP contribution in [-0.4, -0.2) is 38.7 Å². The standard InChI is InChI=1S/C20H34N4O2/c1-5-7-19(25)24-18-9-6-8-17(14-18)15-23-20(21-4)22-11-13-26-12-10-16(2)3/h6,8-9,14,16H,5,7,10-13,15H2,1-4H3,(H,24,25)(H2,21,22,23). The number of rotatable bonds is 11. The molecule has 0 spiro atoms. The van der Waals surface area contributed by atoms with Gasteiger partial charge in [-0.15, -0.1) is 0 Å². The Hall–Kier alpha value is -2.08. The van der Waals surface area contributed by atoms with Crippen molar-refractivity contribution >= 4 is 17.6 Å². The first kappa shape index (κ1) is 22.0. The first-order chi connectivity index (χ1) is 12.5. The maximum atomic E-state index is 11.7. The van der Waals surface area contributed by atoms with Crippen LogP contribution in [0.3, 0.4) is 0 Å². The fraction of sp³-hybridized carbons (Fsp3) is 0.600. The Bertz CT molecular complexity index is 558. The predicted octanol–water partition coefficient (Wildman–Crippen LogP) is 3.15. The molecule has 146 valence electrons. The van der Waals surface area contributed by atoms with Gasteiger partial charge in [0.05, 0.1) is 6.61 Å². The Morgan fingerprint density at radius 2 is 2.04 bits per heavy atom. The number of hydrogen-bond acceptors (Lipinski definition) is 3. The summed E-state index contributed by atoms with van der Waals surface area (Å²) in [6, 6.07) is 7.84. The van der Waals surface area contributed by atoms with Gasteiger partial charge in [0, 0.05) is 38.9 Å². The number of carbonyl (C=O) groups is 1. The Morgan fingerprint density at radius 1 is 1.23 bits per heavy atom. The number of ether oxygens (including phenoxy) is 1. The van der Waals surface area contributed by atoms with E-state index in [1.807, 2.05) is 31.2 Å². The Morgan fingerprint density at radius 3 is 2.73 bits per heavy atom. The molecular formula is C20H34N4O2. The van der Waals surface area contributed by atoms with Crippen molar-refractivity contribution in [3.63, 3.8) is 0 Å². The molecule has 0 heterocycles. The van der Waals surface area contributed by atoms with Crippen molar-refractivity contribution in [2.24, 2.45) is 10.9 Å². The fourth-order valence-electron chi connectivity index (χ4n) is 2.28. The molecule has 0 radical (unpaired) electrons. The SMILES string of the molecule is CCCC(=O)Nc1cccc(CNC(=NC)NCCOCCC(C)C)c1. The van der Waals surface area contributed by atoms with Crippen LogP contribution < -0.4 is 16.0 Å². The number of nitrogens with zero attached hydrogens (tertiary/aromatic N) is 1. The zero-order chi connectivity index (χ0) is 19.2. The molecule has 1 amide bonds. The van der Waals surface area contributed by atoms with Crippen LogP contribution in [0.15, 0.2) is 29.3 Å². The molecule has 26 heavy (non-hydrogen) atoms. The molecule has 1 aromatic rings. The number of benzene rings is 1. The van der Waals surface area contributed by atoms with Crippen LogP contribution in [0.4, 0.5) is 5.69 Å². The molecule has 0 aromatic heterocycles. The highest BCUT2D eigenvalue weighted by atomic mass is 16.5. The number of amides is 1. The smallest absolute Gasteiger partial charge is 0.224 e. The number of nitrogens with one attached hydrogen (secondary N) is 3. The summed E-state index contributed by atoms with van der Waals surface area (Å²) in [5, 5.41) is 9.42. The monoisotopic (exact) mass is 362 g/mol. The minimum Gasteiger partial charge on any atom is -0.380 e. The quantitative estimate of drug-likeness (QED) is 0.321. The average Bonchev–Trinajstić information content (AvgIpc) is 2.60. The molecule has 0 bridgehead atoms. The van der Waals surface area contributed by atoms with Crippen LogP contribution in [0, 0.1) is 5.92 Å². The van der Waals surface area contributed by atoms with Crippen LogP contribution in [0.2, 0.25) is 0 Å². The molecule has 1 aromatic carbocycles. The normalized spacial score (nSPS) is 11.5. The highest BCUT2D eigenvalue weighted by Crippen LogP contribution is 2.11. The number of hydrogen-bond donors (Lipinski definition) is 3. The molecule has 0 saturated carbocycles. The van der Waals surface area contributed by atoms with Crippen molar-refractivity contribution in [1.29, 1.82) is 0 Å². The first-order valence-electron chi connectivity index (χ1n) is 9.46. The van der Waals surface area contributed by atoms with E-state index >= 15 is 0 Å². The lowest BCUT2D eigenvalue weighted by atomic mass is 10.1. The van der Waals surface area contributed by atoms with E-state index in [-0.39, 0.29) is 5.91 Å². The van der Waals surface area contributed by atoms with Crippen molar-refractivity contribution in [3.05, 3.63) is 29.8 Å². The van der Waals surface area contributed by atoms with Crippen molar-refractivity contribution in [1.82, 2.24) is 10.6 Å². The number of guanidine groups is 1. The van der Waals surface area contributed by atoms with E-state index in [0.29, 0.717) is 32.0 Å². The summed E-state index contributed by atoms with van der Waals surface area (Å²) in [7, 11) is 1.75. The second kappa shape index (κ2) is 13.2. The Kier molecular flexibility index (Phi) is 11.1. The molecule has 0 unspecified atom stereocenters. The zero-order valence-corrected chi connectivity index (χ0v) is 16.6. The van der Waals surface area contributed by atoms with Crippen LogP contribution in [-0.2, 0) is 16.1 Å². The average molecular weight is 363 g/mol. The van der Waals surface area contributed by atoms with Gasteiger partial charge in [-0.05, 0) is 36.5 Å². The number of anilines is 1. The van der Waals surface area contributed by atoms with E-state index in [1.165, 1.54) is 0 Å². The number of carbonyl (C=O) groups excluding carboxylic acids is 1. The Balaban J connectivity index is 2.33. The van der Waals surface area contributed by atoms with Crippen molar-refractivity contribution in [2.75, 3.05) is 32.1 Å². The maximum absolute atomic E-state index is 11.7. The van der Waals surface area contributed by atoms with Crippen LogP contribution in [0.5, 0.6) is 0 Å². The molecule has 0 atom stereocenters. The van der Waals surface area contributed by atoms with E-state index in [0.717, 1.165) is 36.7 Å². The maximum Gasteiger partial charge on any atom is 0.224 e. The fourth-order valence-corrected chi connectivity index (χ4v) is 2.28. The van der Waals surface area contributed by atoms with Crippen molar-refractivity contribution in [2.45, 2.75) is 46.6 Å². The molecule has 6 heteroatoms. The third-order valence-corrected chi connectivity index (χ3v) is 3.75. The summed E-state index contributed by atoms with van der Waals surface area (Å²) in [6.45, 7) is 9.17. The van der Waals surface area contributed by atoms with Gasteiger partial charge >= 0.3 is 0 Å². The molecule has 0 fully saturated rings. The second-order valence-electron chi connectivity index (χ2n) is 6.65. The van der Waals surface area contributed by atoms with Gasteiger partial charge < -0.3 is 20.7 Å². The van der Waals surface area contributed by atoms with Gasteiger partial charge in [-0.1, -0.05) is 32.9 Å². The summed E-state index contributed by atoms with van der Waals surface area (Å²) in [5.74, 6) is 1.45. The minimum atomic E-state index is 0.0487. The van der Waals surface area contributed by atoms with E-state index in [1.54, 1.807) is 7.05 Å². The van der Waals surface area contributed by atoms with Gasteiger partial charge in [0.15, 0.2) is 5.96 Å². The van der Waals surface area contributed by atoms with E-state index < -0.39 is 0 Å². The number of aliphatic imine (C=N–C) groups is 1. The van der Waals surface area contributed by atoms with Gasteiger partial charge in [0.1, 0.15) is 0 Å². The summed E-state index contributed by atoms with van der Waals surface area (Å²) < 4.78 is 5.59.